The Kier molecular flexibility index (Phi) is 5.39. The van der Waals surface area contributed by atoms with Crippen molar-refractivity contribution in [2.24, 2.45) is 5.73 Å². The van der Waals surface area contributed by atoms with E-state index in [1.807, 2.05) is 29.2 Å². The van der Waals surface area contributed by atoms with Gasteiger partial charge in [0.25, 0.3) is 0 Å². The molecule has 1 heterocycles. The predicted molar refractivity (Wildman–Crippen MR) is 79.7 cm³/mol. The number of aromatic nitrogens is 2. The molecule has 2 aromatic rings. The second-order valence-corrected chi connectivity index (χ2v) is 4.58. The van der Waals surface area contributed by atoms with Gasteiger partial charge in [0.2, 0.25) is 0 Å². The minimum Gasteiger partial charge on any atom is -0.497 e. The number of benzene rings is 1. The lowest BCUT2D eigenvalue weighted by molar-refractivity contribution is 0.414. The number of nitrogens with zero attached hydrogens (tertiary/aromatic N) is 2. The quantitative estimate of drug-likeness (QED) is 0.937. The Hall–Kier alpha value is -1.52. The maximum Gasteiger partial charge on any atom is 0.119 e. The average Bonchev–Trinajstić information content (AvgIpc) is 2.87. The Morgan fingerprint density at radius 3 is 2.53 bits per heavy atom. The molecule has 0 aliphatic heterocycles. The lowest BCUT2D eigenvalue weighted by Gasteiger charge is -2.07. The van der Waals surface area contributed by atoms with Crippen LogP contribution in [0.2, 0.25) is 0 Å². The fourth-order valence-electron chi connectivity index (χ4n) is 1.83. The Bertz CT molecular complexity index is 515. The number of rotatable bonds is 4. The van der Waals surface area contributed by atoms with Gasteiger partial charge in [-0.2, -0.15) is 5.10 Å². The standard InChI is InChI=1S/C14H19N3O.ClH/c1-10(2)17-9-13(8-16-17)12-4-11(7-15)5-14(6-12)18-3;/h4-6,8-10H,7,15H2,1-3H3;1H. The molecule has 5 heteroatoms. The first kappa shape index (κ1) is 15.5. The van der Waals surface area contributed by atoms with Gasteiger partial charge >= 0.3 is 0 Å². The SMILES string of the molecule is COc1cc(CN)cc(-c2cnn(C(C)C)c2)c1.Cl. The zero-order valence-corrected chi connectivity index (χ0v) is 12.3. The van der Waals surface area contributed by atoms with E-state index in [1.54, 1.807) is 7.11 Å². The highest BCUT2D eigenvalue weighted by atomic mass is 35.5. The summed E-state index contributed by atoms with van der Waals surface area (Å²) in [7, 11) is 1.66. The van der Waals surface area contributed by atoms with Crippen molar-refractivity contribution in [3.63, 3.8) is 0 Å². The van der Waals surface area contributed by atoms with Crippen LogP contribution in [-0.4, -0.2) is 16.9 Å². The first-order valence-electron chi connectivity index (χ1n) is 6.06. The van der Waals surface area contributed by atoms with Crippen molar-refractivity contribution in [1.82, 2.24) is 9.78 Å². The summed E-state index contributed by atoms with van der Waals surface area (Å²) in [6.45, 7) is 4.71. The summed E-state index contributed by atoms with van der Waals surface area (Å²) in [5.74, 6) is 0.824. The van der Waals surface area contributed by atoms with E-state index in [4.69, 9.17) is 10.5 Å². The van der Waals surface area contributed by atoms with Gasteiger partial charge in [-0.1, -0.05) is 0 Å². The number of hydrogen-bond donors (Lipinski definition) is 1. The van der Waals surface area contributed by atoms with Crippen molar-refractivity contribution in [3.8, 4) is 16.9 Å². The number of nitrogens with two attached hydrogens (primary N) is 1. The van der Waals surface area contributed by atoms with E-state index in [9.17, 15) is 0 Å². The molecule has 0 saturated heterocycles. The van der Waals surface area contributed by atoms with Gasteiger partial charge in [0.05, 0.1) is 13.3 Å². The second-order valence-electron chi connectivity index (χ2n) is 4.58. The molecule has 1 aromatic carbocycles. The Balaban J connectivity index is 0.00000180. The van der Waals surface area contributed by atoms with Gasteiger partial charge in [0.1, 0.15) is 5.75 Å². The summed E-state index contributed by atoms with van der Waals surface area (Å²) in [6.07, 6.45) is 3.91. The van der Waals surface area contributed by atoms with Crippen LogP contribution in [0.4, 0.5) is 0 Å². The third-order valence-corrected chi connectivity index (χ3v) is 2.90. The number of methoxy groups -OCH3 is 1. The molecule has 2 N–H and O–H groups in total. The molecule has 0 bridgehead atoms. The molecular weight excluding hydrogens is 262 g/mol. The molecule has 0 aliphatic rings. The highest BCUT2D eigenvalue weighted by Crippen LogP contribution is 2.26. The molecule has 0 fully saturated rings. The van der Waals surface area contributed by atoms with Crippen LogP contribution in [0.1, 0.15) is 25.5 Å². The molecule has 4 nitrogen and oxygen atoms in total. The Morgan fingerprint density at radius 1 is 1.26 bits per heavy atom. The molecule has 2 rings (SSSR count). The Morgan fingerprint density at radius 2 is 2.00 bits per heavy atom. The lowest BCUT2D eigenvalue weighted by atomic mass is 10.1. The van der Waals surface area contributed by atoms with E-state index in [2.05, 4.69) is 25.0 Å². The van der Waals surface area contributed by atoms with Gasteiger partial charge in [0, 0.05) is 24.3 Å². The number of ether oxygens (including phenoxy) is 1. The van der Waals surface area contributed by atoms with Crippen molar-refractivity contribution in [3.05, 3.63) is 36.2 Å². The zero-order chi connectivity index (χ0) is 13.1. The van der Waals surface area contributed by atoms with Gasteiger partial charge in [-0.15, -0.1) is 12.4 Å². The highest BCUT2D eigenvalue weighted by molar-refractivity contribution is 5.85. The maximum atomic E-state index is 5.70. The summed E-state index contributed by atoms with van der Waals surface area (Å²) < 4.78 is 7.23. The van der Waals surface area contributed by atoms with Crippen LogP contribution in [0.15, 0.2) is 30.6 Å². The van der Waals surface area contributed by atoms with Crippen molar-refractivity contribution >= 4 is 12.4 Å². The normalized spacial score (nSPS) is 10.4. The molecule has 0 saturated carbocycles. The fraction of sp³-hybridized carbons (Fsp3) is 0.357. The summed E-state index contributed by atoms with van der Waals surface area (Å²) in [4.78, 5) is 0. The minimum absolute atomic E-state index is 0. The van der Waals surface area contributed by atoms with E-state index in [0.29, 0.717) is 12.6 Å². The molecule has 0 aliphatic carbocycles. The van der Waals surface area contributed by atoms with Crippen LogP contribution >= 0.6 is 12.4 Å². The third-order valence-electron chi connectivity index (χ3n) is 2.90. The van der Waals surface area contributed by atoms with Crippen LogP contribution in [0, 0.1) is 0 Å². The topological polar surface area (TPSA) is 53.1 Å². The third kappa shape index (κ3) is 3.49. The van der Waals surface area contributed by atoms with Crippen molar-refractivity contribution < 1.29 is 4.74 Å². The number of halogens is 1. The largest absolute Gasteiger partial charge is 0.497 e. The first-order valence-corrected chi connectivity index (χ1v) is 6.06. The summed E-state index contributed by atoms with van der Waals surface area (Å²) in [5, 5.41) is 4.35. The van der Waals surface area contributed by atoms with Gasteiger partial charge in [-0.3, -0.25) is 4.68 Å². The van der Waals surface area contributed by atoms with Gasteiger partial charge in [0.15, 0.2) is 0 Å². The molecular formula is C14H20ClN3O. The van der Waals surface area contributed by atoms with Crippen LogP contribution in [0.5, 0.6) is 5.75 Å². The summed E-state index contributed by atoms with van der Waals surface area (Å²) >= 11 is 0. The molecule has 0 unspecified atom stereocenters. The summed E-state index contributed by atoms with van der Waals surface area (Å²) in [6, 6.07) is 6.39. The van der Waals surface area contributed by atoms with Crippen LogP contribution in [-0.2, 0) is 6.54 Å². The van der Waals surface area contributed by atoms with E-state index in [-0.39, 0.29) is 12.4 Å². The summed E-state index contributed by atoms with van der Waals surface area (Å²) in [5.41, 5.74) is 8.92. The van der Waals surface area contributed by atoms with Crippen molar-refractivity contribution in [2.45, 2.75) is 26.4 Å². The molecule has 19 heavy (non-hydrogen) atoms. The van der Waals surface area contributed by atoms with E-state index in [0.717, 1.165) is 22.4 Å². The van der Waals surface area contributed by atoms with E-state index < -0.39 is 0 Å². The zero-order valence-electron chi connectivity index (χ0n) is 11.5. The van der Waals surface area contributed by atoms with Crippen molar-refractivity contribution in [1.29, 1.82) is 0 Å². The average molecular weight is 282 g/mol. The number of hydrogen-bond acceptors (Lipinski definition) is 3. The van der Waals surface area contributed by atoms with E-state index >= 15 is 0 Å². The molecule has 0 amide bonds. The smallest absolute Gasteiger partial charge is 0.119 e. The molecule has 0 radical (unpaired) electrons. The van der Waals surface area contributed by atoms with Crippen LogP contribution in [0.3, 0.4) is 0 Å². The molecule has 1 aromatic heterocycles. The van der Waals surface area contributed by atoms with Gasteiger partial charge < -0.3 is 10.5 Å². The highest BCUT2D eigenvalue weighted by Gasteiger charge is 2.07. The van der Waals surface area contributed by atoms with Gasteiger partial charge in [-0.05, 0) is 43.2 Å². The molecule has 0 atom stereocenters. The monoisotopic (exact) mass is 281 g/mol. The van der Waals surface area contributed by atoms with Crippen molar-refractivity contribution in [2.75, 3.05) is 7.11 Å². The predicted octanol–water partition coefficient (Wildman–Crippen LogP) is 3.02. The fourth-order valence-corrected chi connectivity index (χ4v) is 1.83. The van der Waals surface area contributed by atoms with Crippen LogP contribution in [0.25, 0.3) is 11.1 Å². The molecule has 104 valence electrons. The second kappa shape index (κ2) is 6.59. The maximum absolute atomic E-state index is 5.70. The van der Waals surface area contributed by atoms with E-state index in [1.165, 1.54) is 0 Å². The van der Waals surface area contributed by atoms with Gasteiger partial charge in [-0.25, -0.2) is 0 Å². The Labute approximate surface area is 120 Å². The first-order chi connectivity index (χ1) is 8.63. The lowest BCUT2D eigenvalue weighted by Crippen LogP contribution is -1.99. The minimum atomic E-state index is 0. The molecule has 0 spiro atoms. The van der Waals surface area contributed by atoms with Crippen LogP contribution < -0.4 is 10.5 Å².